The summed E-state index contributed by atoms with van der Waals surface area (Å²) in [6, 6.07) is 7.28. The van der Waals surface area contributed by atoms with Crippen LogP contribution in [0.5, 0.6) is 5.88 Å². The molecule has 0 saturated heterocycles. The van der Waals surface area contributed by atoms with Crippen molar-refractivity contribution in [3.8, 4) is 17.0 Å². The molecule has 1 aromatic carbocycles. The molecular formula is C23H29N5O4. The van der Waals surface area contributed by atoms with E-state index < -0.39 is 0 Å². The van der Waals surface area contributed by atoms with E-state index in [4.69, 9.17) is 9.47 Å². The second kappa shape index (κ2) is 9.78. The van der Waals surface area contributed by atoms with Crippen molar-refractivity contribution in [3.63, 3.8) is 0 Å². The molecule has 0 spiro atoms. The first kappa shape index (κ1) is 23.2. The molecule has 0 bridgehead atoms. The number of hydrogen-bond acceptors (Lipinski definition) is 6. The maximum absolute atomic E-state index is 12.8. The summed E-state index contributed by atoms with van der Waals surface area (Å²) in [5, 5.41) is 13.1. The number of hydrogen-bond donors (Lipinski definition) is 3. The minimum absolute atomic E-state index is 0.206. The molecule has 170 valence electrons. The van der Waals surface area contributed by atoms with Crippen molar-refractivity contribution < 1.29 is 19.1 Å². The number of pyridine rings is 1. The van der Waals surface area contributed by atoms with E-state index in [1.165, 1.54) is 7.11 Å². The monoisotopic (exact) mass is 439 g/mol. The molecule has 9 nitrogen and oxygen atoms in total. The van der Waals surface area contributed by atoms with E-state index >= 15 is 0 Å². The summed E-state index contributed by atoms with van der Waals surface area (Å²) >= 11 is 0. The highest BCUT2D eigenvalue weighted by Gasteiger charge is 2.17. The van der Waals surface area contributed by atoms with Gasteiger partial charge in [-0.05, 0) is 51.0 Å². The van der Waals surface area contributed by atoms with Crippen molar-refractivity contribution in [3.05, 3.63) is 41.7 Å². The zero-order valence-electron chi connectivity index (χ0n) is 19.0. The molecule has 0 aliphatic heterocycles. The zero-order chi connectivity index (χ0) is 23.3. The number of amides is 2. The minimum Gasteiger partial charge on any atom is -0.480 e. The molecule has 0 atom stereocenters. The lowest BCUT2D eigenvalue weighted by Crippen LogP contribution is -2.27. The highest BCUT2D eigenvalue weighted by Crippen LogP contribution is 2.27. The third kappa shape index (κ3) is 5.42. The van der Waals surface area contributed by atoms with Crippen molar-refractivity contribution in [1.29, 1.82) is 0 Å². The average molecular weight is 440 g/mol. The molecule has 3 N–H and O–H groups in total. The Labute approximate surface area is 186 Å². The van der Waals surface area contributed by atoms with E-state index in [1.54, 1.807) is 19.3 Å². The number of aromatic amines is 1. The van der Waals surface area contributed by atoms with Crippen molar-refractivity contribution in [2.45, 2.75) is 32.8 Å². The predicted octanol–water partition coefficient (Wildman–Crippen LogP) is 2.93. The molecule has 2 aromatic heterocycles. The quantitative estimate of drug-likeness (QED) is 0.465. The molecular weight excluding hydrogens is 410 g/mol. The minimum atomic E-state index is -0.267. The van der Waals surface area contributed by atoms with Gasteiger partial charge in [-0.1, -0.05) is 6.07 Å². The fraction of sp³-hybridized carbons (Fsp3) is 0.391. The Bertz CT molecular complexity index is 1120. The van der Waals surface area contributed by atoms with Gasteiger partial charge < -0.3 is 20.1 Å². The summed E-state index contributed by atoms with van der Waals surface area (Å²) in [5.74, 6) is -0.278. The number of ether oxygens (including phenoxy) is 2. The maximum Gasteiger partial charge on any atom is 0.272 e. The van der Waals surface area contributed by atoms with Crippen molar-refractivity contribution >= 4 is 22.7 Å². The summed E-state index contributed by atoms with van der Waals surface area (Å²) in [5.41, 5.74) is 2.75. The first-order chi connectivity index (χ1) is 15.2. The molecule has 32 heavy (non-hydrogen) atoms. The smallest absolute Gasteiger partial charge is 0.272 e. The second-order valence-corrected chi connectivity index (χ2v) is 8.26. The fourth-order valence-electron chi connectivity index (χ4n) is 3.17. The Morgan fingerprint density at radius 1 is 1.12 bits per heavy atom. The number of carbonyl (C=O) groups is 2. The molecule has 0 fully saturated rings. The van der Waals surface area contributed by atoms with Gasteiger partial charge in [0, 0.05) is 37.3 Å². The molecule has 0 aliphatic carbocycles. The van der Waals surface area contributed by atoms with E-state index in [9.17, 15) is 9.59 Å². The molecule has 3 aromatic rings. The number of aromatic nitrogens is 3. The standard InChI is InChI=1S/C23H29N5O4/c1-23(2,3)32-10-6-9-25-20(29)17-11-15(13-26-22(17)31-5)14-7-8-16-18(12-14)27-28-19(16)21(30)24-4/h7-8,11-13H,6,9-10H2,1-5H3,(H,24,30)(H,25,29)(H,27,28). The molecule has 9 heteroatoms. The fourth-order valence-corrected chi connectivity index (χ4v) is 3.17. The van der Waals surface area contributed by atoms with Crippen LogP contribution in [0.4, 0.5) is 0 Å². The van der Waals surface area contributed by atoms with Gasteiger partial charge in [0.25, 0.3) is 11.8 Å². The molecule has 0 unspecified atom stereocenters. The summed E-state index contributed by atoms with van der Waals surface area (Å²) in [6.07, 6.45) is 2.34. The second-order valence-electron chi connectivity index (χ2n) is 8.26. The highest BCUT2D eigenvalue weighted by atomic mass is 16.5. The van der Waals surface area contributed by atoms with Gasteiger partial charge in [-0.3, -0.25) is 14.7 Å². The lowest BCUT2D eigenvalue weighted by atomic mass is 10.0. The zero-order valence-corrected chi connectivity index (χ0v) is 19.0. The topological polar surface area (TPSA) is 118 Å². The Morgan fingerprint density at radius 2 is 1.91 bits per heavy atom. The molecule has 0 aliphatic rings. The number of nitrogens with one attached hydrogen (secondary N) is 3. The van der Waals surface area contributed by atoms with Gasteiger partial charge >= 0.3 is 0 Å². The van der Waals surface area contributed by atoms with Gasteiger partial charge in [-0.15, -0.1) is 0 Å². The Morgan fingerprint density at radius 3 is 2.59 bits per heavy atom. The summed E-state index contributed by atoms with van der Waals surface area (Å²) in [7, 11) is 3.04. The van der Waals surface area contributed by atoms with Gasteiger partial charge in [-0.2, -0.15) is 5.10 Å². The maximum atomic E-state index is 12.8. The van der Waals surface area contributed by atoms with Gasteiger partial charge in [0.05, 0.1) is 18.2 Å². The Balaban J connectivity index is 1.78. The van der Waals surface area contributed by atoms with Gasteiger partial charge in [0.15, 0.2) is 5.69 Å². The lowest BCUT2D eigenvalue weighted by Gasteiger charge is -2.19. The third-order valence-corrected chi connectivity index (χ3v) is 4.77. The molecule has 3 rings (SSSR count). The molecule has 2 heterocycles. The Kier molecular flexibility index (Phi) is 7.09. The number of rotatable bonds is 8. The van der Waals surface area contributed by atoms with Gasteiger partial charge in [-0.25, -0.2) is 4.98 Å². The van der Waals surface area contributed by atoms with E-state index in [0.717, 1.165) is 11.1 Å². The number of nitrogens with zero attached hydrogens (tertiary/aromatic N) is 2. The largest absolute Gasteiger partial charge is 0.480 e. The van der Waals surface area contributed by atoms with E-state index in [-0.39, 0.29) is 23.3 Å². The van der Waals surface area contributed by atoms with Crippen LogP contribution in [-0.2, 0) is 4.74 Å². The van der Waals surface area contributed by atoms with E-state index in [0.29, 0.717) is 41.7 Å². The van der Waals surface area contributed by atoms with E-state index in [1.807, 2.05) is 39.0 Å². The predicted molar refractivity (Wildman–Crippen MR) is 122 cm³/mol. The number of H-pyrrole nitrogens is 1. The van der Waals surface area contributed by atoms with Crippen LogP contribution in [0, 0.1) is 0 Å². The van der Waals surface area contributed by atoms with Gasteiger partial charge in [0.2, 0.25) is 5.88 Å². The normalized spacial score (nSPS) is 11.4. The Hall–Kier alpha value is -3.46. The number of fused-ring (bicyclic) bond motifs is 1. The van der Waals surface area contributed by atoms with Crippen LogP contribution in [0.1, 0.15) is 48.0 Å². The SMILES string of the molecule is CNC(=O)c1n[nH]c2cc(-c3cnc(OC)c(C(=O)NCCCOC(C)(C)C)c3)ccc12. The van der Waals surface area contributed by atoms with Crippen LogP contribution in [0.2, 0.25) is 0 Å². The van der Waals surface area contributed by atoms with E-state index in [2.05, 4.69) is 25.8 Å². The number of benzene rings is 1. The van der Waals surface area contributed by atoms with Crippen LogP contribution >= 0.6 is 0 Å². The van der Waals surface area contributed by atoms with Crippen LogP contribution < -0.4 is 15.4 Å². The molecule has 0 radical (unpaired) electrons. The van der Waals surface area contributed by atoms with Crippen LogP contribution in [0.15, 0.2) is 30.5 Å². The first-order valence-electron chi connectivity index (χ1n) is 10.4. The van der Waals surface area contributed by atoms with Crippen molar-refractivity contribution in [2.24, 2.45) is 0 Å². The van der Waals surface area contributed by atoms with Crippen LogP contribution in [0.3, 0.4) is 0 Å². The van der Waals surface area contributed by atoms with Crippen LogP contribution in [-0.4, -0.2) is 59.9 Å². The third-order valence-electron chi connectivity index (χ3n) is 4.77. The van der Waals surface area contributed by atoms with Crippen molar-refractivity contribution in [1.82, 2.24) is 25.8 Å². The summed E-state index contributed by atoms with van der Waals surface area (Å²) < 4.78 is 11.0. The van der Waals surface area contributed by atoms with Gasteiger partial charge in [0.1, 0.15) is 5.56 Å². The average Bonchev–Trinajstić information content (AvgIpc) is 3.20. The summed E-state index contributed by atoms with van der Waals surface area (Å²) in [4.78, 5) is 29.0. The highest BCUT2D eigenvalue weighted by molar-refractivity contribution is 6.05. The number of methoxy groups -OCH3 is 1. The summed E-state index contributed by atoms with van der Waals surface area (Å²) in [6.45, 7) is 7.01. The lowest BCUT2D eigenvalue weighted by molar-refractivity contribution is -0.00364. The molecule has 0 saturated carbocycles. The van der Waals surface area contributed by atoms with Crippen molar-refractivity contribution in [2.75, 3.05) is 27.3 Å². The first-order valence-corrected chi connectivity index (χ1v) is 10.4. The van der Waals surface area contributed by atoms with Crippen LogP contribution in [0.25, 0.3) is 22.0 Å². The number of carbonyl (C=O) groups excluding carboxylic acids is 2. The molecule has 2 amide bonds.